The number of nitrogens with one attached hydrogen (secondary N) is 1. The summed E-state index contributed by atoms with van der Waals surface area (Å²) in [6.45, 7) is 0. The van der Waals surface area contributed by atoms with Crippen molar-refractivity contribution in [3.05, 3.63) is 47.7 Å². The smallest absolute Gasteiger partial charge is 0.125 e. The lowest BCUT2D eigenvalue weighted by atomic mass is 10.1. The van der Waals surface area contributed by atoms with Crippen LogP contribution in [0, 0.1) is 0 Å². The number of hydrogen-bond acceptors (Lipinski definition) is 3. The standard InChI is InChI=1S/C14H15N3/c15-14-9-13(6-7-16-14)17-12-5-4-10-2-1-3-11(10)8-12/h4-9H,1-3H2,(H3,15,16,17). The molecule has 17 heavy (non-hydrogen) atoms. The van der Waals surface area contributed by atoms with Crippen LogP contribution in [-0.2, 0) is 12.8 Å². The Bertz CT molecular complexity index is 549. The van der Waals surface area contributed by atoms with E-state index in [4.69, 9.17) is 5.73 Å². The highest BCUT2D eigenvalue weighted by molar-refractivity contribution is 5.63. The minimum absolute atomic E-state index is 0.538. The van der Waals surface area contributed by atoms with Crippen molar-refractivity contribution in [2.45, 2.75) is 19.3 Å². The van der Waals surface area contributed by atoms with Crippen LogP contribution in [-0.4, -0.2) is 4.98 Å². The molecule has 0 spiro atoms. The van der Waals surface area contributed by atoms with E-state index < -0.39 is 0 Å². The maximum atomic E-state index is 5.65. The molecule has 0 unspecified atom stereocenters. The number of pyridine rings is 1. The van der Waals surface area contributed by atoms with Gasteiger partial charge in [-0.25, -0.2) is 4.98 Å². The average Bonchev–Trinajstić information content (AvgIpc) is 2.76. The van der Waals surface area contributed by atoms with E-state index in [0.717, 1.165) is 11.4 Å². The summed E-state index contributed by atoms with van der Waals surface area (Å²) in [5, 5.41) is 3.35. The van der Waals surface area contributed by atoms with Gasteiger partial charge in [-0.3, -0.25) is 0 Å². The van der Waals surface area contributed by atoms with Crippen molar-refractivity contribution in [3.63, 3.8) is 0 Å². The fourth-order valence-electron chi connectivity index (χ4n) is 2.34. The number of benzene rings is 1. The van der Waals surface area contributed by atoms with Crippen molar-refractivity contribution in [1.82, 2.24) is 4.98 Å². The van der Waals surface area contributed by atoms with Crippen LogP contribution < -0.4 is 11.1 Å². The van der Waals surface area contributed by atoms with Gasteiger partial charge >= 0.3 is 0 Å². The topological polar surface area (TPSA) is 50.9 Å². The molecular formula is C14H15N3. The molecule has 0 aliphatic heterocycles. The van der Waals surface area contributed by atoms with E-state index in [2.05, 4.69) is 28.5 Å². The minimum atomic E-state index is 0.538. The molecule has 1 aliphatic rings. The molecule has 0 amide bonds. The molecule has 0 saturated carbocycles. The van der Waals surface area contributed by atoms with Gasteiger partial charge in [-0.2, -0.15) is 0 Å². The molecule has 2 aromatic rings. The summed E-state index contributed by atoms with van der Waals surface area (Å²) in [5.41, 5.74) is 10.7. The Labute approximate surface area is 101 Å². The molecule has 0 radical (unpaired) electrons. The first kappa shape index (κ1) is 10.1. The molecule has 3 N–H and O–H groups in total. The molecular weight excluding hydrogens is 210 g/mol. The predicted molar refractivity (Wildman–Crippen MR) is 70.4 cm³/mol. The second kappa shape index (κ2) is 4.09. The molecule has 0 bridgehead atoms. The highest BCUT2D eigenvalue weighted by Crippen LogP contribution is 2.26. The van der Waals surface area contributed by atoms with Crippen LogP contribution in [0.25, 0.3) is 0 Å². The van der Waals surface area contributed by atoms with Crippen molar-refractivity contribution < 1.29 is 0 Å². The van der Waals surface area contributed by atoms with Gasteiger partial charge in [0.25, 0.3) is 0 Å². The zero-order chi connectivity index (χ0) is 11.7. The Balaban J connectivity index is 1.86. The first-order valence-corrected chi connectivity index (χ1v) is 5.91. The van der Waals surface area contributed by atoms with Gasteiger partial charge in [0.2, 0.25) is 0 Å². The summed E-state index contributed by atoms with van der Waals surface area (Å²) in [7, 11) is 0. The molecule has 1 aromatic carbocycles. The zero-order valence-electron chi connectivity index (χ0n) is 9.61. The number of rotatable bonds is 2. The van der Waals surface area contributed by atoms with Gasteiger partial charge in [0.05, 0.1) is 0 Å². The van der Waals surface area contributed by atoms with Gasteiger partial charge in [0.15, 0.2) is 0 Å². The number of nitrogens with two attached hydrogens (primary N) is 1. The van der Waals surface area contributed by atoms with Crippen molar-refractivity contribution in [1.29, 1.82) is 0 Å². The maximum absolute atomic E-state index is 5.65. The molecule has 1 aromatic heterocycles. The quantitative estimate of drug-likeness (QED) is 0.826. The monoisotopic (exact) mass is 225 g/mol. The van der Waals surface area contributed by atoms with Crippen LogP contribution in [0.2, 0.25) is 0 Å². The maximum Gasteiger partial charge on any atom is 0.125 e. The number of aromatic nitrogens is 1. The third-order valence-electron chi connectivity index (χ3n) is 3.17. The molecule has 86 valence electrons. The van der Waals surface area contributed by atoms with E-state index in [0.29, 0.717) is 5.82 Å². The minimum Gasteiger partial charge on any atom is -0.384 e. The lowest BCUT2D eigenvalue weighted by molar-refractivity contribution is 0.912. The van der Waals surface area contributed by atoms with Crippen LogP contribution in [0.4, 0.5) is 17.2 Å². The van der Waals surface area contributed by atoms with Crippen LogP contribution in [0.3, 0.4) is 0 Å². The van der Waals surface area contributed by atoms with Gasteiger partial charge < -0.3 is 11.1 Å². The summed E-state index contributed by atoms with van der Waals surface area (Å²) < 4.78 is 0. The number of hydrogen-bond donors (Lipinski definition) is 2. The van der Waals surface area contributed by atoms with Gasteiger partial charge in [-0.05, 0) is 48.6 Å². The van der Waals surface area contributed by atoms with Crippen LogP contribution in [0.15, 0.2) is 36.5 Å². The largest absolute Gasteiger partial charge is 0.384 e. The Morgan fingerprint density at radius 1 is 1.00 bits per heavy atom. The lowest BCUT2D eigenvalue weighted by Gasteiger charge is -2.08. The highest BCUT2D eigenvalue weighted by atomic mass is 14.9. The van der Waals surface area contributed by atoms with Gasteiger partial charge in [0.1, 0.15) is 5.82 Å². The van der Waals surface area contributed by atoms with Crippen LogP contribution in [0.5, 0.6) is 0 Å². The summed E-state index contributed by atoms with van der Waals surface area (Å²) in [6.07, 6.45) is 5.41. The third-order valence-corrected chi connectivity index (χ3v) is 3.17. The number of nitrogens with zero attached hydrogens (tertiary/aromatic N) is 1. The Morgan fingerprint density at radius 2 is 1.82 bits per heavy atom. The predicted octanol–water partition coefficient (Wildman–Crippen LogP) is 2.90. The Morgan fingerprint density at radius 3 is 2.71 bits per heavy atom. The first-order chi connectivity index (χ1) is 8.31. The zero-order valence-corrected chi connectivity index (χ0v) is 9.61. The fraction of sp³-hybridized carbons (Fsp3) is 0.214. The molecule has 3 nitrogen and oxygen atoms in total. The number of aryl methyl sites for hydroxylation is 2. The molecule has 0 fully saturated rings. The molecule has 3 heteroatoms. The molecule has 1 heterocycles. The van der Waals surface area contributed by atoms with Crippen molar-refractivity contribution in [2.75, 3.05) is 11.1 Å². The van der Waals surface area contributed by atoms with Crippen molar-refractivity contribution >= 4 is 17.2 Å². The van der Waals surface area contributed by atoms with Crippen molar-refractivity contribution in [2.24, 2.45) is 0 Å². The lowest BCUT2D eigenvalue weighted by Crippen LogP contribution is -1.95. The normalized spacial score (nSPS) is 13.4. The summed E-state index contributed by atoms with van der Waals surface area (Å²) in [6, 6.07) is 10.3. The summed E-state index contributed by atoms with van der Waals surface area (Å²) in [4.78, 5) is 3.98. The SMILES string of the molecule is Nc1cc(Nc2ccc3c(c2)CCC3)ccn1. The Hall–Kier alpha value is -2.03. The Kier molecular flexibility index (Phi) is 2.44. The second-order valence-corrected chi connectivity index (χ2v) is 4.43. The fourth-order valence-corrected chi connectivity index (χ4v) is 2.34. The molecule has 1 aliphatic carbocycles. The molecule has 3 rings (SSSR count). The third kappa shape index (κ3) is 2.09. The van der Waals surface area contributed by atoms with E-state index in [1.54, 1.807) is 6.20 Å². The highest BCUT2D eigenvalue weighted by Gasteiger charge is 2.10. The van der Waals surface area contributed by atoms with E-state index in [1.165, 1.54) is 30.4 Å². The van der Waals surface area contributed by atoms with E-state index >= 15 is 0 Å². The second-order valence-electron chi connectivity index (χ2n) is 4.43. The van der Waals surface area contributed by atoms with Crippen LogP contribution >= 0.6 is 0 Å². The molecule has 0 atom stereocenters. The average molecular weight is 225 g/mol. The first-order valence-electron chi connectivity index (χ1n) is 5.91. The van der Waals surface area contributed by atoms with E-state index in [1.807, 2.05) is 12.1 Å². The molecule has 0 saturated heterocycles. The van der Waals surface area contributed by atoms with Gasteiger partial charge in [-0.15, -0.1) is 0 Å². The number of nitrogen functional groups attached to an aromatic ring is 1. The van der Waals surface area contributed by atoms with Gasteiger partial charge in [-0.1, -0.05) is 6.07 Å². The summed E-state index contributed by atoms with van der Waals surface area (Å²) in [5.74, 6) is 0.538. The van der Waals surface area contributed by atoms with E-state index in [9.17, 15) is 0 Å². The number of fused-ring (bicyclic) bond motifs is 1. The van der Waals surface area contributed by atoms with Crippen LogP contribution in [0.1, 0.15) is 17.5 Å². The van der Waals surface area contributed by atoms with E-state index in [-0.39, 0.29) is 0 Å². The number of anilines is 3. The van der Waals surface area contributed by atoms with Gasteiger partial charge in [0, 0.05) is 23.6 Å². The van der Waals surface area contributed by atoms with Crippen molar-refractivity contribution in [3.8, 4) is 0 Å². The summed E-state index contributed by atoms with van der Waals surface area (Å²) >= 11 is 0.